The van der Waals surface area contributed by atoms with Crippen LogP contribution in [0.25, 0.3) is 11.0 Å². The lowest BCUT2D eigenvalue weighted by molar-refractivity contribution is 0.102. The van der Waals surface area contributed by atoms with Crippen molar-refractivity contribution in [2.75, 3.05) is 5.32 Å². The summed E-state index contributed by atoms with van der Waals surface area (Å²) in [5, 5.41) is 7.85. The van der Waals surface area contributed by atoms with E-state index in [4.69, 9.17) is 11.6 Å². The summed E-state index contributed by atoms with van der Waals surface area (Å²) in [5.74, 6) is -0.844. The molecule has 5 nitrogen and oxygen atoms in total. The van der Waals surface area contributed by atoms with Crippen LogP contribution in [-0.2, 0) is 6.54 Å². The molecule has 2 heterocycles. The average Bonchev–Trinajstić information content (AvgIpc) is 2.86. The Hall–Kier alpha value is -2.47. The van der Waals surface area contributed by atoms with Crippen LogP contribution in [0.4, 0.5) is 10.1 Å². The molecule has 0 fully saturated rings. The second-order valence-electron chi connectivity index (χ2n) is 5.49. The summed E-state index contributed by atoms with van der Waals surface area (Å²) in [6, 6.07) is 5.78. The van der Waals surface area contributed by atoms with E-state index in [-0.39, 0.29) is 10.9 Å². The fourth-order valence-corrected chi connectivity index (χ4v) is 2.83. The molecule has 0 bridgehead atoms. The third-order valence-electron chi connectivity index (χ3n) is 3.73. The van der Waals surface area contributed by atoms with Gasteiger partial charge in [-0.3, -0.25) is 4.79 Å². The first-order chi connectivity index (χ1) is 11.4. The molecule has 1 amide bonds. The van der Waals surface area contributed by atoms with E-state index in [1.807, 2.05) is 20.8 Å². The van der Waals surface area contributed by atoms with Crippen molar-refractivity contribution < 1.29 is 9.18 Å². The zero-order chi connectivity index (χ0) is 17.4. The van der Waals surface area contributed by atoms with E-state index in [0.717, 1.165) is 11.4 Å². The maximum Gasteiger partial charge on any atom is 0.256 e. The van der Waals surface area contributed by atoms with Gasteiger partial charge in [0.25, 0.3) is 5.91 Å². The Balaban J connectivity index is 2.06. The molecule has 24 heavy (non-hydrogen) atoms. The van der Waals surface area contributed by atoms with Gasteiger partial charge in [-0.1, -0.05) is 11.6 Å². The molecule has 0 radical (unpaired) electrons. The van der Waals surface area contributed by atoms with Gasteiger partial charge in [-0.25, -0.2) is 14.1 Å². The number of rotatable bonds is 3. The van der Waals surface area contributed by atoms with Gasteiger partial charge in [-0.15, -0.1) is 0 Å². The van der Waals surface area contributed by atoms with Crippen molar-refractivity contribution in [2.45, 2.75) is 27.3 Å². The Labute approximate surface area is 143 Å². The molecule has 1 aromatic carbocycles. The van der Waals surface area contributed by atoms with Gasteiger partial charge >= 0.3 is 0 Å². The number of amides is 1. The number of halogens is 2. The van der Waals surface area contributed by atoms with Gasteiger partial charge in [0, 0.05) is 17.9 Å². The van der Waals surface area contributed by atoms with Crippen molar-refractivity contribution in [3.05, 3.63) is 52.1 Å². The van der Waals surface area contributed by atoms with Crippen LogP contribution in [0.2, 0.25) is 5.02 Å². The van der Waals surface area contributed by atoms with E-state index in [1.54, 1.807) is 10.7 Å². The molecule has 0 saturated heterocycles. The first-order valence-corrected chi connectivity index (χ1v) is 7.89. The Morgan fingerprint density at radius 3 is 2.75 bits per heavy atom. The second-order valence-corrected chi connectivity index (χ2v) is 5.90. The normalized spacial score (nSPS) is 11.0. The van der Waals surface area contributed by atoms with Crippen molar-refractivity contribution in [3.8, 4) is 0 Å². The van der Waals surface area contributed by atoms with Crippen molar-refractivity contribution in [2.24, 2.45) is 0 Å². The number of hydrogen-bond donors (Lipinski definition) is 1. The molecule has 1 N–H and O–H groups in total. The van der Waals surface area contributed by atoms with Crippen LogP contribution in [0, 0.1) is 19.7 Å². The van der Waals surface area contributed by atoms with Crippen molar-refractivity contribution in [3.63, 3.8) is 0 Å². The molecular weight excluding hydrogens is 331 g/mol. The first-order valence-electron chi connectivity index (χ1n) is 7.52. The van der Waals surface area contributed by atoms with Gasteiger partial charge < -0.3 is 5.32 Å². The quantitative estimate of drug-likeness (QED) is 0.776. The van der Waals surface area contributed by atoms with Gasteiger partial charge in [0.1, 0.15) is 5.82 Å². The van der Waals surface area contributed by atoms with Gasteiger partial charge in [0.05, 0.1) is 21.7 Å². The van der Waals surface area contributed by atoms with Crippen LogP contribution in [0.1, 0.15) is 28.7 Å². The zero-order valence-corrected chi connectivity index (χ0v) is 14.3. The number of fused-ring (bicyclic) bond motifs is 1. The molecule has 0 unspecified atom stereocenters. The summed E-state index contributed by atoms with van der Waals surface area (Å²) in [6.45, 7) is 6.30. The number of nitrogens with one attached hydrogen (secondary N) is 1. The van der Waals surface area contributed by atoms with E-state index in [1.165, 1.54) is 18.2 Å². The summed E-state index contributed by atoms with van der Waals surface area (Å²) >= 11 is 5.76. The van der Waals surface area contributed by atoms with Crippen LogP contribution in [0.3, 0.4) is 0 Å². The third-order valence-corrected chi connectivity index (χ3v) is 4.02. The maximum atomic E-state index is 13.3. The minimum Gasteiger partial charge on any atom is -0.322 e. The largest absolute Gasteiger partial charge is 0.322 e. The smallest absolute Gasteiger partial charge is 0.256 e. The molecule has 0 spiro atoms. The van der Waals surface area contributed by atoms with E-state index < -0.39 is 5.82 Å². The number of aromatic nitrogens is 3. The molecule has 0 aliphatic carbocycles. The van der Waals surface area contributed by atoms with E-state index in [9.17, 15) is 9.18 Å². The molecule has 3 rings (SSSR count). The van der Waals surface area contributed by atoms with Crippen molar-refractivity contribution >= 4 is 34.2 Å². The van der Waals surface area contributed by atoms with Crippen LogP contribution in [0.5, 0.6) is 0 Å². The van der Waals surface area contributed by atoms with E-state index in [0.29, 0.717) is 28.8 Å². The van der Waals surface area contributed by atoms with Gasteiger partial charge in [-0.2, -0.15) is 5.10 Å². The fraction of sp³-hybridized carbons (Fsp3) is 0.235. The lowest BCUT2D eigenvalue weighted by Crippen LogP contribution is -2.13. The average molecular weight is 347 g/mol. The van der Waals surface area contributed by atoms with Crippen LogP contribution < -0.4 is 5.32 Å². The number of carbonyl (C=O) groups is 1. The highest BCUT2D eigenvalue weighted by Crippen LogP contribution is 2.24. The van der Waals surface area contributed by atoms with Gasteiger partial charge in [0.2, 0.25) is 0 Å². The van der Waals surface area contributed by atoms with Gasteiger partial charge in [-0.05, 0) is 45.0 Å². The Morgan fingerprint density at radius 1 is 1.33 bits per heavy atom. The maximum absolute atomic E-state index is 13.3. The van der Waals surface area contributed by atoms with Crippen molar-refractivity contribution in [1.82, 2.24) is 14.8 Å². The lowest BCUT2D eigenvalue weighted by Gasteiger charge is -2.08. The molecule has 124 valence electrons. The standard InChI is InChI=1S/C17H16ClFN4O/c1-4-23-16-15(10(3)22-23)12(7-9(2)20-16)17(24)21-11-5-6-14(19)13(18)8-11/h5-8H,4H2,1-3H3,(H,21,24). The number of aryl methyl sites for hydroxylation is 3. The topological polar surface area (TPSA) is 59.8 Å². The highest BCUT2D eigenvalue weighted by Gasteiger charge is 2.18. The van der Waals surface area contributed by atoms with Crippen LogP contribution in [0.15, 0.2) is 24.3 Å². The van der Waals surface area contributed by atoms with Gasteiger partial charge in [0.15, 0.2) is 5.65 Å². The number of carbonyl (C=O) groups excluding carboxylic acids is 1. The number of anilines is 1. The molecule has 0 aliphatic rings. The molecule has 0 atom stereocenters. The highest BCUT2D eigenvalue weighted by atomic mass is 35.5. The fourth-order valence-electron chi connectivity index (χ4n) is 2.65. The number of nitrogens with zero attached hydrogens (tertiary/aromatic N) is 3. The monoisotopic (exact) mass is 346 g/mol. The summed E-state index contributed by atoms with van der Waals surface area (Å²) < 4.78 is 15.0. The summed E-state index contributed by atoms with van der Waals surface area (Å²) in [7, 11) is 0. The van der Waals surface area contributed by atoms with E-state index in [2.05, 4.69) is 15.4 Å². The SMILES string of the molecule is CCn1nc(C)c2c(C(=O)Nc3ccc(F)c(Cl)c3)cc(C)nc21. The number of hydrogen-bond acceptors (Lipinski definition) is 3. The molecule has 7 heteroatoms. The molecule has 0 aliphatic heterocycles. The number of pyridine rings is 1. The molecule has 2 aromatic heterocycles. The zero-order valence-electron chi connectivity index (χ0n) is 13.5. The molecule has 0 saturated carbocycles. The Bertz CT molecular complexity index is 951. The van der Waals surface area contributed by atoms with Crippen molar-refractivity contribution in [1.29, 1.82) is 0 Å². The second kappa shape index (κ2) is 6.20. The van der Waals surface area contributed by atoms with Crippen LogP contribution in [-0.4, -0.2) is 20.7 Å². The van der Waals surface area contributed by atoms with E-state index >= 15 is 0 Å². The third kappa shape index (κ3) is 2.85. The Kier molecular flexibility index (Phi) is 4.24. The highest BCUT2D eigenvalue weighted by molar-refractivity contribution is 6.31. The minimum atomic E-state index is -0.531. The first kappa shape index (κ1) is 16.4. The van der Waals surface area contributed by atoms with Crippen LogP contribution >= 0.6 is 11.6 Å². The summed E-state index contributed by atoms with van der Waals surface area (Å²) in [5.41, 5.74) is 3.04. The summed E-state index contributed by atoms with van der Waals surface area (Å²) in [6.07, 6.45) is 0. The lowest BCUT2D eigenvalue weighted by atomic mass is 10.1. The Morgan fingerprint density at radius 2 is 2.08 bits per heavy atom. The molecule has 3 aromatic rings. The number of benzene rings is 1. The summed E-state index contributed by atoms with van der Waals surface area (Å²) in [4.78, 5) is 17.2. The molecular formula is C17H16ClFN4O. The predicted molar refractivity (Wildman–Crippen MR) is 92.0 cm³/mol. The minimum absolute atomic E-state index is 0.0427. The predicted octanol–water partition coefficient (Wildman–Crippen LogP) is 4.11.